The largest absolute Gasteiger partial charge is 0.625 e. The molecule has 0 amide bonds. The maximum Gasteiger partial charge on any atom is 0.625 e. The maximum absolute atomic E-state index is 5.63. The SMILES string of the molecule is C=C\C=C/C(=C\C)/C=C/B1Oc2ccccc2O1. The van der Waals surface area contributed by atoms with Crippen molar-refractivity contribution in [1.29, 1.82) is 0 Å². The minimum atomic E-state index is -0.352. The average Bonchev–Trinajstić information content (AvgIpc) is 2.81. The third-order valence-corrected chi connectivity index (χ3v) is 2.54. The van der Waals surface area contributed by atoms with Crippen molar-refractivity contribution in [1.82, 2.24) is 0 Å². The lowest BCUT2D eigenvalue weighted by molar-refractivity contribution is 0.517. The molecule has 0 atom stereocenters. The van der Waals surface area contributed by atoms with Crippen molar-refractivity contribution in [3.8, 4) is 11.5 Å². The number of fused-ring (bicyclic) bond motifs is 1. The molecular formula is C15H15BO2. The molecule has 1 aromatic rings. The molecule has 0 saturated carbocycles. The number of allylic oxidation sites excluding steroid dienone is 6. The Morgan fingerprint density at radius 2 is 1.83 bits per heavy atom. The van der Waals surface area contributed by atoms with Crippen molar-refractivity contribution in [2.24, 2.45) is 0 Å². The van der Waals surface area contributed by atoms with E-state index in [1.165, 1.54) is 0 Å². The van der Waals surface area contributed by atoms with Crippen LogP contribution in [0.5, 0.6) is 11.5 Å². The molecule has 1 aliphatic rings. The Morgan fingerprint density at radius 3 is 2.39 bits per heavy atom. The average molecular weight is 238 g/mol. The Bertz CT molecular complexity index is 490. The van der Waals surface area contributed by atoms with Gasteiger partial charge in [-0.05, 0) is 30.6 Å². The van der Waals surface area contributed by atoms with Gasteiger partial charge in [-0.15, -0.1) is 0 Å². The first-order chi connectivity index (χ1) is 8.83. The monoisotopic (exact) mass is 238 g/mol. The highest BCUT2D eigenvalue weighted by atomic mass is 16.6. The minimum absolute atomic E-state index is 0.352. The molecule has 1 aliphatic heterocycles. The van der Waals surface area contributed by atoms with Crippen LogP contribution in [0.4, 0.5) is 0 Å². The van der Waals surface area contributed by atoms with Crippen molar-refractivity contribution in [2.75, 3.05) is 0 Å². The number of rotatable bonds is 4. The molecule has 1 heterocycles. The summed E-state index contributed by atoms with van der Waals surface area (Å²) in [5.74, 6) is 3.47. The van der Waals surface area contributed by atoms with Gasteiger partial charge in [-0.3, -0.25) is 0 Å². The summed E-state index contributed by atoms with van der Waals surface area (Å²) < 4.78 is 11.3. The highest BCUT2D eigenvalue weighted by Gasteiger charge is 2.28. The maximum atomic E-state index is 5.63. The van der Waals surface area contributed by atoms with E-state index in [9.17, 15) is 0 Å². The smallest absolute Gasteiger partial charge is 0.520 e. The van der Waals surface area contributed by atoms with E-state index in [2.05, 4.69) is 6.58 Å². The first-order valence-electron chi connectivity index (χ1n) is 5.89. The van der Waals surface area contributed by atoms with Gasteiger partial charge >= 0.3 is 7.12 Å². The second-order valence-corrected chi connectivity index (χ2v) is 3.79. The molecule has 1 aromatic carbocycles. The van der Waals surface area contributed by atoms with Gasteiger partial charge in [0.25, 0.3) is 0 Å². The zero-order valence-electron chi connectivity index (χ0n) is 10.4. The fourth-order valence-electron chi connectivity index (χ4n) is 1.61. The number of hydrogen-bond donors (Lipinski definition) is 0. The quantitative estimate of drug-likeness (QED) is 0.587. The predicted molar refractivity (Wildman–Crippen MR) is 75.7 cm³/mol. The molecule has 0 unspecified atom stereocenters. The Hall–Kier alpha value is -2.16. The van der Waals surface area contributed by atoms with Crippen LogP contribution in [0.3, 0.4) is 0 Å². The van der Waals surface area contributed by atoms with Crippen LogP contribution >= 0.6 is 0 Å². The second-order valence-electron chi connectivity index (χ2n) is 3.79. The Balaban J connectivity index is 2.00. The summed E-state index contributed by atoms with van der Waals surface area (Å²) in [7, 11) is -0.352. The molecule has 0 aromatic heterocycles. The second kappa shape index (κ2) is 5.96. The van der Waals surface area contributed by atoms with Gasteiger partial charge in [0.2, 0.25) is 0 Å². The van der Waals surface area contributed by atoms with Gasteiger partial charge in [-0.1, -0.05) is 49.1 Å². The molecule has 2 nitrogen and oxygen atoms in total. The zero-order valence-corrected chi connectivity index (χ0v) is 10.4. The van der Waals surface area contributed by atoms with Crippen LogP contribution in [0, 0.1) is 0 Å². The summed E-state index contributed by atoms with van der Waals surface area (Å²) in [6, 6.07) is 7.66. The normalized spacial score (nSPS) is 14.7. The zero-order chi connectivity index (χ0) is 12.8. The number of benzene rings is 1. The van der Waals surface area contributed by atoms with Crippen molar-refractivity contribution in [2.45, 2.75) is 6.92 Å². The van der Waals surface area contributed by atoms with Gasteiger partial charge < -0.3 is 9.31 Å². The van der Waals surface area contributed by atoms with Gasteiger partial charge in [0.15, 0.2) is 0 Å². The molecule has 0 N–H and O–H groups in total. The first-order valence-corrected chi connectivity index (χ1v) is 5.89. The molecule has 0 aliphatic carbocycles. The first kappa shape index (κ1) is 12.3. The van der Waals surface area contributed by atoms with Gasteiger partial charge in [-0.25, -0.2) is 0 Å². The van der Waals surface area contributed by atoms with Crippen molar-refractivity contribution in [3.05, 3.63) is 72.8 Å². The van der Waals surface area contributed by atoms with E-state index in [0.717, 1.165) is 17.1 Å². The van der Waals surface area contributed by atoms with Crippen molar-refractivity contribution < 1.29 is 9.31 Å². The summed E-state index contributed by atoms with van der Waals surface area (Å²) in [4.78, 5) is 0. The minimum Gasteiger partial charge on any atom is -0.520 e. The van der Waals surface area contributed by atoms with Crippen LogP contribution in [0.15, 0.2) is 72.8 Å². The van der Waals surface area contributed by atoms with Crippen LogP contribution in [0.25, 0.3) is 0 Å². The predicted octanol–water partition coefficient (Wildman–Crippen LogP) is 3.73. The Morgan fingerprint density at radius 1 is 1.17 bits per heavy atom. The van der Waals surface area contributed by atoms with Crippen molar-refractivity contribution in [3.63, 3.8) is 0 Å². The highest BCUT2D eigenvalue weighted by Crippen LogP contribution is 2.32. The lowest BCUT2D eigenvalue weighted by atomic mass is 9.89. The molecule has 3 heteroatoms. The van der Waals surface area contributed by atoms with Gasteiger partial charge in [-0.2, -0.15) is 0 Å². The summed E-state index contributed by atoms with van der Waals surface area (Å²) in [6.45, 7) is 5.63. The van der Waals surface area contributed by atoms with E-state index in [4.69, 9.17) is 9.31 Å². The highest BCUT2D eigenvalue weighted by molar-refractivity contribution is 6.53. The third kappa shape index (κ3) is 2.95. The summed E-state index contributed by atoms with van der Waals surface area (Å²) >= 11 is 0. The fourth-order valence-corrected chi connectivity index (χ4v) is 1.61. The lowest BCUT2D eigenvalue weighted by Gasteiger charge is -1.98. The van der Waals surface area contributed by atoms with Crippen LogP contribution in [0.2, 0.25) is 0 Å². The lowest BCUT2D eigenvalue weighted by Crippen LogP contribution is -2.21. The standard InChI is InChI=1S/C15H15BO2/c1-3-5-8-13(4-2)11-12-16-17-14-9-6-7-10-15(14)18-16/h3-12H,1H2,2H3/b8-5-,12-11+,13-4+. The van der Waals surface area contributed by atoms with Crippen molar-refractivity contribution >= 4 is 7.12 Å². The summed E-state index contributed by atoms with van der Waals surface area (Å²) in [6.07, 6.45) is 9.60. The molecule has 90 valence electrons. The molecule has 0 saturated heterocycles. The molecular weight excluding hydrogens is 223 g/mol. The topological polar surface area (TPSA) is 18.5 Å². The van der Waals surface area contributed by atoms with Crippen LogP contribution < -0.4 is 9.31 Å². The molecule has 0 bridgehead atoms. The van der Waals surface area contributed by atoms with E-state index in [0.29, 0.717) is 0 Å². The summed E-state index contributed by atoms with van der Waals surface area (Å²) in [5.41, 5.74) is 1.08. The third-order valence-electron chi connectivity index (χ3n) is 2.54. The molecule has 0 spiro atoms. The molecule has 0 radical (unpaired) electrons. The van der Waals surface area contributed by atoms with Gasteiger partial charge in [0.05, 0.1) is 0 Å². The van der Waals surface area contributed by atoms with Crippen LogP contribution in [-0.2, 0) is 0 Å². The van der Waals surface area contributed by atoms with E-state index in [1.807, 2.05) is 61.5 Å². The fraction of sp³-hybridized carbons (Fsp3) is 0.0667. The number of para-hydroxylation sites is 2. The molecule has 0 fully saturated rings. The Labute approximate surface area is 108 Å². The van der Waals surface area contributed by atoms with E-state index in [1.54, 1.807) is 6.08 Å². The van der Waals surface area contributed by atoms with Crippen LogP contribution in [0.1, 0.15) is 6.92 Å². The van der Waals surface area contributed by atoms with E-state index in [-0.39, 0.29) is 7.12 Å². The van der Waals surface area contributed by atoms with Gasteiger partial charge in [0, 0.05) is 0 Å². The van der Waals surface area contributed by atoms with Crippen LogP contribution in [-0.4, -0.2) is 7.12 Å². The van der Waals surface area contributed by atoms with Gasteiger partial charge in [0.1, 0.15) is 11.5 Å². The number of hydrogen-bond acceptors (Lipinski definition) is 2. The van der Waals surface area contributed by atoms with E-state index >= 15 is 0 Å². The Kier molecular flexibility index (Phi) is 4.08. The molecule has 18 heavy (non-hydrogen) atoms. The molecule has 2 rings (SSSR count). The van der Waals surface area contributed by atoms with E-state index < -0.39 is 0 Å². The summed E-state index contributed by atoms with van der Waals surface area (Å²) in [5, 5.41) is 0.